The highest BCUT2D eigenvalue weighted by molar-refractivity contribution is 7.92. The summed E-state index contributed by atoms with van der Waals surface area (Å²) in [6.45, 7) is 1.09. The topological polar surface area (TPSA) is 160 Å². The van der Waals surface area contributed by atoms with Crippen LogP contribution in [0.4, 0.5) is 11.4 Å². The summed E-state index contributed by atoms with van der Waals surface area (Å²) in [6.07, 6.45) is 2.23. The quantitative estimate of drug-likeness (QED) is 0.198. The molecule has 0 spiro atoms. The minimum Gasteiger partial charge on any atom is -0.484 e. The minimum absolute atomic E-state index is 0.0235. The maximum Gasteiger partial charge on any atom is 0.271 e. The summed E-state index contributed by atoms with van der Waals surface area (Å²) in [7, 11) is -3.91. The number of hydrogen-bond acceptors (Lipinski definition) is 8. The maximum atomic E-state index is 12.3. The second kappa shape index (κ2) is 13.1. The fourth-order valence-corrected chi connectivity index (χ4v) is 4.26. The van der Waals surface area contributed by atoms with Gasteiger partial charge in [0.15, 0.2) is 6.61 Å². The molecule has 1 atom stereocenters. The molecule has 39 heavy (non-hydrogen) atoms. The molecule has 3 rings (SSSR count). The summed E-state index contributed by atoms with van der Waals surface area (Å²) in [6, 6.07) is 20.9. The molecule has 0 heterocycles. The van der Waals surface area contributed by atoms with E-state index in [9.17, 15) is 28.1 Å². The number of nitrogens with zero attached hydrogens (tertiary/aromatic N) is 3. The molecule has 12 nitrogen and oxygen atoms in total. The average Bonchev–Trinajstić information content (AvgIpc) is 2.91. The Kier molecular flexibility index (Phi) is 9.70. The van der Waals surface area contributed by atoms with Crippen LogP contribution in [0.3, 0.4) is 0 Å². The normalized spacial score (nSPS) is 11.9. The molecule has 0 aromatic heterocycles. The number of non-ortho nitro benzene ring substituents is 1. The van der Waals surface area contributed by atoms with E-state index in [0.717, 1.165) is 22.2 Å². The van der Waals surface area contributed by atoms with Crippen molar-refractivity contribution in [2.45, 2.75) is 13.0 Å². The molecule has 0 saturated heterocycles. The maximum absolute atomic E-state index is 12.3. The van der Waals surface area contributed by atoms with E-state index in [-0.39, 0.29) is 29.9 Å². The number of hydrazone groups is 1. The smallest absolute Gasteiger partial charge is 0.271 e. The van der Waals surface area contributed by atoms with Crippen LogP contribution >= 0.6 is 0 Å². The lowest BCUT2D eigenvalue weighted by atomic mass is 10.1. The van der Waals surface area contributed by atoms with Crippen LogP contribution in [0.1, 0.15) is 24.1 Å². The van der Waals surface area contributed by atoms with Gasteiger partial charge in [0.2, 0.25) is 10.0 Å². The number of sulfonamides is 1. The van der Waals surface area contributed by atoms with E-state index in [1.54, 1.807) is 24.3 Å². The number of benzene rings is 3. The molecule has 0 aliphatic rings. The molecule has 0 bridgehead atoms. The van der Waals surface area contributed by atoms with Crippen LogP contribution in [-0.4, -0.2) is 50.8 Å². The second-order valence-electron chi connectivity index (χ2n) is 8.40. The Morgan fingerprint density at radius 3 is 2.38 bits per heavy atom. The van der Waals surface area contributed by atoms with Gasteiger partial charge < -0.3 is 10.1 Å². The summed E-state index contributed by atoms with van der Waals surface area (Å²) in [5.41, 5.74) is 3.48. The number of nitro groups is 1. The second-order valence-corrected chi connectivity index (χ2v) is 10.3. The SMILES string of the molecule is C[C@@H](NC(=O)COc1ccc(/C=N\NC(=O)CN(c2cccc([N+](=O)[O-])c2)S(C)(=O)=O)cc1)c1ccccc1. The first kappa shape index (κ1) is 28.8. The molecule has 0 aliphatic carbocycles. The summed E-state index contributed by atoms with van der Waals surface area (Å²) < 4.78 is 30.6. The molecule has 204 valence electrons. The van der Waals surface area contributed by atoms with E-state index in [1.165, 1.54) is 24.4 Å². The number of ether oxygens (including phenoxy) is 1. The van der Waals surface area contributed by atoms with Crippen molar-refractivity contribution >= 4 is 39.4 Å². The zero-order valence-electron chi connectivity index (χ0n) is 21.2. The Hall–Kier alpha value is -4.78. The Bertz CT molecular complexity index is 1450. The van der Waals surface area contributed by atoms with Crippen molar-refractivity contribution in [3.63, 3.8) is 0 Å². The van der Waals surface area contributed by atoms with Crippen molar-refractivity contribution in [1.29, 1.82) is 0 Å². The molecule has 2 amide bonds. The molecule has 13 heteroatoms. The summed E-state index contributed by atoms with van der Waals surface area (Å²) >= 11 is 0. The van der Waals surface area contributed by atoms with Gasteiger partial charge in [-0.1, -0.05) is 36.4 Å². The molecule has 2 N–H and O–H groups in total. The van der Waals surface area contributed by atoms with Crippen molar-refractivity contribution in [1.82, 2.24) is 10.7 Å². The third-order valence-corrected chi connectivity index (χ3v) is 6.49. The van der Waals surface area contributed by atoms with Crippen LogP contribution in [0.25, 0.3) is 0 Å². The van der Waals surface area contributed by atoms with Crippen molar-refractivity contribution in [3.05, 3.63) is 100 Å². The van der Waals surface area contributed by atoms with Gasteiger partial charge >= 0.3 is 0 Å². The van der Waals surface area contributed by atoms with Gasteiger partial charge in [-0.05, 0) is 48.4 Å². The first-order chi connectivity index (χ1) is 18.5. The lowest BCUT2D eigenvalue weighted by molar-refractivity contribution is -0.384. The van der Waals surface area contributed by atoms with Crippen molar-refractivity contribution < 1.29 is 27.7 Å². The van der Waals surface area contributed by atoms with E-state index < -0.39 is 27.4 Å². The number of carbonyl (C=O) groups is 2. The predicted octanol–water partition coefficient (Wildman–Crippen LogP) is 2.77. The third-order valence-electron chi connectivity index (χ3n) is 5.35. The molecule has 3 aromatic rings. The molecule has 3 aromatic carbocycles. The van der Waals surface area contributed by atoms with Gasteiger partial charge in [0.25, 0.3) is 17.5 Å². The fraction of sp³-hybridized carbons (Fsp3) is 0.192. The van der Waals surface area contributed by atoms with Crippen molar-refractivity contribution in [2.75, 3.05) is 23.7 Å². The predicted molar refractivity (Wildman–Crippen MR) is 146 cm³/mol. The van der Waals surface area contributed by atoms with Crippen LogP contribution in [0, 0.1) is 10.1 Å². The van der Waals surface area contributed by atoms with Crippen molar-refractivity contribution in [3.8, 4) is 5.75 Å². The average molecular weight is 554 g/mol. The van der Waals surface area contributed by atoms with Gasteiger partial charge in [0.1, 0.15) is 12.3 Å². The monoisotopic (exact) mass is 553 g/mol. The Labute approximate surface area is 225 Å². The number of nitro benzene ring substituents is 1. The highest BCUT2D eigenvalue weighted by Crippen LogP contribution is 2.23. The zero-order chi connectivity index (χ0) is 28.4. The highest BCUT2D eigenvalue weighted by atomic mass is 32.2. The van der Waals surface area contributed by atoms with E-state index in [4.69, 9.17) is 4.74 Å². The fourth-order valence-electron chi connectivity index (χ4n) is 3.41. The summed E-state index contributed by atoms with van der Waals surface area (Å²) in [5.74, 6) is -0.564. The molecule has 0 aliphatic heterocycles. The lowest BCUT2D eigenvalue weighted by Gasteiger charge is -2.21. The van der Waals surface area contributed by atoms with E-state index in [1.807, 2.05) is 37.3 Å². The third kappa shape index (κ3) is 8.93. The number of anilines is 1. The first-order valence-electron chi connectivity index (χ1n) is 11.6. The number of amides is 2. The first-order valence-corrected chi connectivity index (χ1v) is 13.5. The standard InChI is InChI=1S/C26H27N5O7S/c1-19(21-7-4-3-5-8-21)28-26(33)18-38-24-13-11-20(12-14-24)16-27-29-25(32)17-30(39(2,36)37)22-9-6-10-23(15-22)31(34)35/h3-16,19H,17-18H2,1-2H3,(H,28,33)(H,29,32)/b27-16-/t19-/m1/s1. The Morgan fingerprint density at radius 1 is 1.05 bits per heavy atom. The lowest BCUT2D eigenvalue weighted by Crippen LogP contribution is -2.39. The van der Waals surface area contributed by atoms with Crippen molar-refractivity contribution in [2.24, 2.45) is 5.10 Å². The molecular formula is C26H27N5O7S. The molecule has 0 radical (unpaired) electrons. The Morgan fingerprint density at radius 2 is 1.74 bits per heavy atom. The summed E-state index contributed by atoms with van der Waals surface area (Å²) in [5, 5.41) is 17.7. The van der Waals surface area contributed by atoms with Crippen LogP contribution < -0.4 is 19.8 Å². The van der Waals surface area contributed by atoms with Gasteiger partial charge in [-0.2, -0.15) is 5.10 Å². The molecule has 0 fully saturated rings. The highest BCUT2D eigenvalue weighted by Gasteiger charge is 2.22. The molecular weight excluding hydrogens is 526 g/mol. The van der Waals surface area contributed by atoms with E-state index in [2.05, 4.69) is 15.8 Å². The van der Waals surface area contributed by atoms with Gasteiger partial charge in [-0.15, -0.1) is 0 Å². The van der Waals surface area contributed by atoms with Gasteiger partial charge in [0, 0.05) is 12.1 Å². The number of hydrogen-bond donors (Lipinski definition) is 2. The Balaban J connectivity index is 1.50. The zero-order valence-corrected chi connectivity index (χ0v) is 22.0. The largest absolute Gasteiger partial charge is 0.484 e. The van der Waals surface area contributed by atoms with Crippen LogP contribution in [0.15, 0.2) is 84.0 Å². The van der Waals surface area contributed by atoms with E-state index in [0.29, 0.717) is 11.3 Å². The minimum atomic E-state index is -3.91. The van der Waals surface area contributed by atoms with Crippen LogP contribution in [0.5, 0.6) is 5.75 Å². The summed E-state index contributed by atoms with van der Waals surface area (Å²) in [4.78, 5) is 34.9. The number of rotatable bonds is 12. The number of carbonyl (C=O) groups excluding carboxylic acids is 2. The molecule has 0 unspecified atom stereocenters. The van der Waals surface area contributed by atoms with Gasteiger partial charge in [0.05, 0.1) is 29.1 Å². The molecule has 0 saturated carbocycles. The van der Waals surface area contributed by atoms with Crippen LogP contribution in [-0.2, 0) is 19.6 Å². The van der Waals surface area contributed by atoms with E-state index >= 15 is 0 Å². The van der Waals surface area contributed by atoms with Crippen LogP contribution in [0.2, 0.25) is 0 Å². The van der Waals surface area contributed by atoms with Gasteiger partial charge in [-0.3, -0.25) is 24.0 Å². The van der Waals surface area contributed by atoms with Gasteiger partial charge in [-0.25, -0.2) is 13.8 Å². The number of nitrogens with one attached hydrogen (secondary N) is 2.